The molecule has 120 valence electrons. The molecule has 0 saturated heterocycles. The zero-order valence-electron chi connectivity index (χ0n) is 12.6. The summed E-state index contributed by atoms with van der Waals surface area (Å²) in [6, 6.07) is 0. The molecular formula is C14H28O6. The molecule has 0 aliphatic heterocycles. The normalized spacial score (nSPS) is 9.60. The van der Waals surface area contributed by atoms with E-state index in [2.05, 4.69) is 13.2 Å². The van der Waals surface area contributed by atoms with Crippen LogP contribution in [0.4, 0.5) is 0 Å². The first-order valence-electron chi connectivity index (χ1n) is 6.48. The van der Waals surface area contributed by atoms with Crippen molar-refractivity contribution < 1.29 is 29.2 Å². The lowest BCUT2D eigenvalue weighted by molar-refractivity contribution is 0.00230. The van der Waals surface area contributed by atoms with Gasteiger partial charge in [-0.15, -0.1) is 0 Å². The first-order chi connectivity index (χ1) is 9.54. The minimum atomic E-state index is 0.0413. The second kappa shape index (κ2) is 18.1. The van der Waals surface area contributed by atoms with Gasteiger partial charge in [-0.3, -0.25) is 0 Å². The maximum Gasteiger partial charge on any atom is 0.0933 e. The Balaban J connectivity index is 0. The lowest BCUT2D eigenvalue weighted by atomic mass is 10.6. The van der Waals surface area contributed by atoms with Gasteiger partial charge < -0.3 is 29.2 Å². The maximum atomic E-state index is 8.36. The molecule has 0 fully saturated rings. The first kappa shape index (κ1) is 21.4. The summed E-state index contributed by atoms with van der Waals surface area (Å²) in [7, 11) is 0. The van der Waals surface area contributed by atoms with Crippen LogP contribution in [0.25, 0.3) is 0 Å². The van der Waals surface area contributed by atoms with Crippen LogP contribution in [-0.2, 0) is 18.9 Å². The molecule has 6 nitrogen and oxygen atoms in total. The van der Waals surface area contributed by atoms with E-state index in [-0.39, 0.29) is 13.2 Å². The fourth-order valence-corrected chi connectivity index (χ4v) is 0.968. The molecule has 6 heteroatoms. The quantitative estimate of drug-likeness (QED) is 0.414. The average molecular weight is 292 g/mol. The molecular weight excluding hydrogens is 264 g/mol. The maximum absolute atomic E-state index is 8.36. The molecule has 0 aromatic carbocycles. The number of rotatable bonds is 12. The van der Waals surface area contributed by atoms with E-state index in [0.717, 1.165) is 0 Å². The zero-order chi connectivity index (χ0) is 15.6. The van der Waals surface area contributed by atoms with Crippen molar-refractivity contribution in [3.8, 4) is 0 Å². The van der Waals surface area contributed by atoms with Crippen molar-refractivity contribution >= 4 is 0 Å². The Labute approximate surface area is 121 Å². The second-order valence-electron chi connectivity index (χ2n) is 3.79. The summed E-state index contributed by atoms with van der Waals surface area (Å²) >= 11 is 0. The van der Waals surface area contributed by atoms with Crippen LogP contribution >= 0.6 is 0 Å². The van der Waals surface area contributed by atoms with Crippen molar-refractivity contribution in [2.24, 2.45) is 0 Å². The zero-order valence-corrected chi connectivity index (χ0v) is 12.6. The first-order valence-corrected chi connectivity index (χ1v) is 6.48. The molecule has 0 aromatic rings. The van der Waals surface area contributed by atoms with E-state index in [0.29, 0.717) is 51.2 Å². The molecule has 0 aliphatic rings. The molecule has 0 bridgehead atoms. The predicted octanol–water partition coefficient (Wildman–Crippen LogP) is 1.09. The summed E-state index contributed by atoms with van der Waals surface area (Å²) in [6.07, 6.45) is 0. The average Bonchev–Trinajstić information content (AvgIpc) is 2.36. The van der Waals surface area contributed by atoms with Gasteiger partial charge in [-0.25, -0.2) is 0 Å². The van der Waals surface area contributed by atoms with Gasteiger partial charge in [-0.2, -0.15) is 0 Å². The third kappa shape index (κ3) is 25.8. The van der Waals surface area contributed by atoms with Gasteiger partial charge in [0.15, 0.2) is 0 Å². The molecule has 20 heavy (non-hydrogen) atoms. The SMILES string of the molecule is C=C(C)OC(=C)C.OCCOCCOCCOCCO. The van der Waals surface area contributed by atoms with E-state index in [1.165, 1.54) is 0 Å². The number of ether oxygens (including phenoxy) is 4. The Morgan fingerprint density at radius 1 is 0.700 bits per heavy atom. The van der Waals surface area contributed by atoms with Crippen LogP contribution in [0.5, 0.6) is 0 Å². The monoisotopic (exact) mass is 292 g/mol. The summed E-state index contributed by atoms with van der Waals surface area (Å²) in [6.45, 7) is 13.4. The molecule has 0 spiro atoms. The fraction of sp³-hybridized carbons (Fsp3) is 0.714. The molecule has 0 radical (unpaired) electrons. The van der Waals surface area contributed by atoms with Gasteiger partial charge in [0.05, 0.1) is 64.4 Å². The number of aliphatic hydroxyl groups excluding tert-OH is 2. The van der Waals surface area contributed by atoms with Crippen LogP contribution in [0.2, 0.25) is 0 Å². The summed E-state index contributed by atoms with van der Waals surface area (Å²) < 4.78 is 19.9. The third-order valence-corrected chi connectivity index (χ3v) is 1.56. The van der Waals surface area contributed by atoms with Crippen LogP contribution in [0.3, 0.4) is 0 Å². The van der Waals surface area contributed by atoms with Crippen molar-refractivity contribution in [3.05, 3.63) is 24.7 Å². The number of allylic oxidation sites excluding steroid dienone is 2. The van der Waals surface area contributed by atoms with Gasteiger partial charge in [0.2, 0.25) is 0 Å². The van der Waals surface area contributed by atoms with Crippen molar-refractivity contribution in [3.63, 3.8) is 0 Å². The van der Waals surface area contributed by atoms with Crippen LogP contribution in [0.15, 0.2) is 24.7 Å². The van der Waals surface area contributed by atoms with Crippen LogP contribution in [-0.4, -0.2) is 63.1 Å². The standard InChI is InChI=1S/C8H18O5.C6H10O/c9-1-3-11-5-7-13-8-6-12-4-2-10;1-5(2)7-6(3)4/h9-10H,1-8H2;1,3H2,2,4H3. The Morgan fingerprint density at radius 3 is 1.20 bits per heavy atom. The Bertz CT molecular complexity index is 208. The largest absolute Gasteiger partial charge is 0.468 e. The molecule has 2 N–H and O–H groups in total. The smallest absolute Gasteiger partial charge is 0.0933 e. The minimum absolute atomic E-state index is 0.0413. The highest BCUT2D eigenvalue weighted by Crippen LogP contribution is 1.97. The molecule has 0 unspecified atom stereocenters. The van der Waals surface area contributed by atoms with Crippen LogP contribution < -0.4 is 0 Å². The van der Waals surface area contributed by atoms with Gasteiger partial charge in [-0.05, 0) is 13.8 Å². The fourth-order valence-electron chi connectivity index (χ4n) is 0.968. The van der Waals surface area contributed by atoms with Gasteiger partial charge in [-0.1, -0.05) is 13.2 Å². The molecule has 0 atom stereocenters. The predicted molar refractivity (Wildman–Crippen MR) is 77.3 cm³/mol. The highest BCUT2D eigenvalue weighted by Gasteiger charge is 1.89. The van der Waals surface area contributed by atoms with Crippen molar-refractivity contribution in [1.82, 2.24) is 0 Å². The van der Waals surface area contributed by atoms with Crippen molar-refractivity contribution in [2.75, 3.05) is 52.9 Å². The lowest BCUT2D eigenvalue weighted by Gasteiger charge is -2.04. The highest BCUT2D eigenvalue weighted by molar-refractivity contribution is 4.85. The molecule has 0 rings (SSSR count). The molecule has 0 aliphatic carbocycles. The summed E-state index contributed by atoms with van der Waals surface area (Å²) in [4.78, 5) is 0. The van der Waals surface area contributed by atoms with E-state index >= 15 is 0 Å². The molecule has 0 amide bonds. The minimum Gasteiger partial charge on any atom is -0.468 e. The van der Waals surface area contributed by atoms with E-state index in [4.69, 9.17) is 29.2 Å². The molecule has 0 heterocycles. The van der Waals surface area contributed by atoms with E-state index in [9.17, 15) is 0 Å². The topological polar surface area (TPSA) is 77.4 Å². The van der Waals surface area contributed by atoms with Crippen molar-refractivity contribution in [2.45, 2.75) is 13.8 Å². The highest BCUT2D eigenvalue weighted by atomic mass is 16.5. The lowest BCUT2D eigenvalue weighted by Crippen LogP contribution is -2.11. The number of hydrogen-bond donors (Lipinski definition) is 2. The Morgan fingerprint density at radius 2 is 1.00 bits per heavy atom. The van der Waals surface area contributed by atoms with Gasteiger partial charge in [0, 0.05) is 0 Å². The van der Waals surface area contributed by atoms with Crippen LogP contribution in [0, 0.1) is 0 Å². The molecule has 0 saturated carbocycles. The summed E-state index contributed by atoms with van der Waals surface area (Å²) in [5.74, 6) is 1.38. The van der Waals surface area contributed by atoms with E-state index in [1.807, 2.05) is 0 Å². The van der Waals surface area contributed by atoms with Crippen LogP contribution in [0.1, 0.15) is 13.8 Å². The summed E-state index contributed by atoms with van der Waals surface area (Å²) in [5.41, 5.74) is 0. The summed E-state index contributed by atoms with van der Waals surface area (Å²) in [5, 5.41) is 16.7. The number of aliphatic hydroxyl groups is 2. The van der Waals surface area contributed by atoms with Crippen molar-refractivity contribution in [1.29, 1.82) is 0 Å². The van der Waals surface area contributed by atoms with Gasteiger partial charge in [0.25, 0.3) is 0 Å². The molecule has 0 aromatic heterocycles. The van der Waals surface area contributed by atoms with E-state index < -0.39 is 0 Å². The van der Waals surface area contributed by atoms with Gasteiger partial charge >= 0.3 is 0 Å². The van der Waals surface area contributed by atoms with E-state index in [1.54, 1.807) is 13.8 Å². The van der Waals surface area contributed by atoms with Gasteiger partial charge in [0.1, 0.15) is 0 Å². The second-order valence-corrected chi connectivity index (χ2v) is 3.79. The number of hydrogen-bond acceptors (Lipinski definition) is 6. The Hall–Kier alpha value is -0.920. The third-order valence-electron chi connectivity index (χ3n) is 1.56. The Kier molecular flexibility index (Phi) is 19.3.